The molecule has 0 saturated carbocycles. The molecule has 0 unspecified atom stereocenters. The van der Waals surface area contributed by atoms with Crippen LogP contribution in [0.25, 0.3) is 0 Å². The molecule has 3 nitrogen and oxygen atoms in total. The van der Waals surface area contributed by atoms with Crippen LogP contribution in [0.4, 0.5) is 5.69 Å². The highest BCUT2D eigenvalue weighted by molar-refractivity contribution is 5.68. The number of aryl methyl sites for hydroxylation is 1. The second kappa shape index (κ2) is 8.69. The maximum Gasteiger partial charge on any atom is 0.101 e. The van der Waals surface area contributed by atoms with Gasteiger partial charge in [0.05, 0.1) is 17.9 Å². The average Bonchev–Trinajstić information content (AvgIpc) is 3.05. The van der Waals surface area contributed by atoms with Crippen molar-refractivity contribution in [3.63, 3.8) is 0 Å². The largest absolute Gasteiger partial charge is 0.377 e. The molecule has 0 N–H and O–H groups in total. The number of anilines is 1. The van der Waals surface area contributed by atoms with Crippen molar-refractivity contribution in [1.82, 2.24) is 0 Å². The van der Waals surface area contributed by atoms with E-state index in [0.717, 1.165) is 56.6 Å². The van der Waals surface area contributed by atoms with E-state index in [4.69, 9.17) is 4.74 Å². The smallest absolute Gasteiger partial charge is 0.101 e. The van der Waals surface area contributed by atoms with Crippen LogP contribution in [0.5, 0.6) is 0 Å². The summed E-state index contributed by atoms with van der Waals surface area (Å²) in [6.07, 6.45) is 4.20. The molecule has 0 aliphatic carbocycles. The predicted molar refractivity (Wildman–Crippen MR) is 102 cm³/mol. The quantitative estimate of drug-likeness (QED) is 0.668. The number of hydrogen-bond acceptors (Lipinski definition) is 3. The molecule has 1 aliphatic rings. The molecule has 1 heterocycles. The molecule has 3 rings (SSSR count). The summed E-state index contributed by atoms with van der Waals surface area (Å²) in [7, 11) is 0. The molecular weight excluding hydrogens is 308 g/mol. The minimum Gasteiger partial charge on any atom is -0.377 e. The molecule has 25 heavy (non-hydrogen) atoms. The zero-order chi connectivity index (χ0) is 17.5. The van der Waals surface area contributed by atoms with E-state index in [9.17, 15) is 5.26 Å². The summed E-state index contributed by atoms with van der Waals surface area (Å²) in [6, 6.07) is 17.1. The van der Waals surface area contributed by atoms with Gasteiger partial charge in [0.25, 0.3) is 0 Å². The lowest BCUT2D eigenvalue weighted by atomic mass is 10.0. The Bertz CT molecular complexity index is 734. The molecule has 3 heteroatoms. The summed E-state index contributed by atoms with van der Waals surface area (Å²) in [5, 5.41) is 9.55. The van der Waals surface area contributed by atoms with Crippen molar-refractivity contribution in [2.24, 2.45) is 0 Å². The first-order valence-corrected chi connectivity index (χ1v) is 9.24. The zero-order valence-electron chi connectivity index (χ0n) is 15.0. The normalized spacial score (nSPS) is 12.9. The second-order valence-corrected chi connectivity index (χ2v) is 6.64. The highest BCUT2D eigenvalue weighted by Gasteiger charge is 2.22. The van der Waals surface area contributed by atoms with Crippen molar-refractivity contribution in [1.29, 1.82) is 5.26 Å². The van der Waals surface area contributed by atoms with Crippen LogP contribution in [0.2, 0.25) is 0 Å². The Morgan fingerprint density at radius 1 is 1.16 bits per heavy atom. The van der Waals surface area contributed by atoms with Crippen molar-refractivity contribution in [2.75, 3.05) is 24.6 Å². The lowest BCUT2D eigenvalue weighted by Crippen LogP contribution is -2.23. The van der Waals surface area contributed by atoms with Gasteiger partial charge in [-0.15, -0.1) is 0 Å². The highest BCUT2D eigenvalue weighted by Crippen LogP contribution is 2.33. The summed E-state index contributed by atoms with van der Waals surface area (Å²) >= 11 is 0. The minimum atomic E-state index is 0.668. The van der Waals surface area contributed by atoms with E-state index in [1.165, 1.54) is 16.7 Å². The van der Waals surface area contributed by atoms with Crippen molar-refractivity contribution in [2.45, 2.75) is 39.2 Å². The predicted octanol–water partition coefficient (Wildman–Crippen LogP) is 4.48. The van der Waals surface area contributed by atoms with Crippen LogP contribution < -0.4 is 4.90 Å². The molecular formula is C22H26N2O. The summed E-state index contributed by atoms with van der Waals surface area (Å²) in [5.41, 5.74) is 5.84. The van der Waals surface area contributed by atoms with Gasteiger partial charge in [-0.1, -0.05) is 49.7 Å². The van der Waals surface area contributed by atoms with Crippen molar-refractivity contribution in [3.8, 4) is 6.07 Å². The molecule has 0 fully saturated rings. The van der Waals surface area contributed by atoms with E-state index < -0.39 is 0 Å². The monoisotopic (exact) mass is 334 g/mol. The summed E-state index contributed by atoms with van der Waals surface area (Å²) in [6.45, 7) is 5.56. The van der Waals surface area contributed by atoms with Crippen LogP contribution in [-0.4, -0.2) is 19.7 Å². The van der Waals surface area contributed by atoms with Crippen LogP contribution >= 0.6 is 0 Å². The summed E-state index contributed by atoms with van der Waals surface area (Å²) in [4.78, 5) is 2.36. The minimum absolute atomic E-state index is 0.668. The summed E-state index contributed by atoms with van der Waals surface area (Å²) in [5.74, 6) is 0. The van der Waals surface area contributed by atoms with Crippen LogP contribution in [0.15, 0.2) is 42.5 Å². The third-order valence-corrected chi connectivity index (χ3v) is 4.70. The Balaban J connectivity index is 1.53. The molecule has 0 amide bonds. The van der Waals surface area contributed by atoms with Gasteiger partial charge in [-0.25, -0.2) is 0 Å². The Hall–Kier alpha value is -2.31. The van der Waals surface area contributed by atoms with Gasteiger partial charge < -0.3 is 9.64 Å². The fourth-order valence-corrected chi connectivity index (χ4v) is 3.56. The SMILES string of the molecule is CCCc1cc(C#N)c2c(c1)CCN2CCCOCc1ccccc1. The van der Waals surface area contributed by atoms with Gasteiger partial charge in [-0.2, -0.15) is 5.26 Å². The van der Waals surface area contributed by atoms with E-state index in [-0.39, 0.29) is 0 Å². The van der Waals surface area contributed by atoms with Gasteiger partial charge in [-0.3, -0.25) is 0 Å². The number of benzene rings is 2. The number of nitriles is 1. The fraction of sp³-hybridized carbons (Fsp3) is 0.409. The third-order valence-electron chi connectivity index (χ3n) is 4.70. The van der Waals surface area contributed by atoms with Crippen LogP contribution in [0.1, 0.15) is 42.0 Å². The van der Waals surface area contributed by atoms with E-state index in [0.29, 0.717) is 6.61 Å². The van der Waals surface area contributed by atoms with E-state index in [1.54, 1.807) is 0 Å². The van der Waals surface area contributed by atoms with Gasteiger partial charge in [0.15, 0.2) is 0 Å². The number of nitrogens with zero attached hydrogens (tertiary/aromatic N) is 2. The molecule has 0 radical (unpaired) electrons. The Morgan fingerprint density at radius 2 is 2.00 bits per heavy atom. The second-order valence-electron chi connectivity index (χ2n) is 6.64. The maximum absolute atomic E-state index is 9.55. The molecule has 1 aliphatic heterocycles. The topological polar surface area (TPSA) is 36.3 Å². The zero-order valence-corrected chi connectivity index (χ0v) is 15.0. The molecule has 0 saturated heterocycles. The molecule has 2 aromatic carbocycles. The molecule has 0 atom stereocenters. The molecule has 0 aromatic heterocycles. The molecule has 0 bridgehead atoms. The van der Waals surface area contributed by atoms with Crippen LogP contribution in [-0.2, 0) is 24.2 Å². The standard InChI is InChI=1S/C22H26N2O/c1-2-7-19-14-20-10-12-24(22(20)21(15-19)16-23)11-6-13-25-17-18-8-4-3-5-9-18/h3-5,8-9,14-15H,2,6-7,10-13,17H2,1H3. The number of rotatable bonds is 8. The molecule has 0 spiro atoms. The van der Waals surface area contributed by atoms with Gasteiger partial charge in [0.2, 0.25) is 0 Å². The average molecular weight is 334 g/mol. The third kappa shape index (κ3) is 4.41. The van der Waals surface area contributed by atoms with E-state index in [1.807, 2.05) is 18.2 Å². The lowest BCUT2D eigenvalue weighted by molar-refractivity contribution is 0.119. The van der Waals surface area contributed by atoms with Crippen LogP contribution in [0, 0.1) is 11.3 Å². The Labute approximate surface area is 150 Å². The first-order chi connectivity index (χ1) is 12.3. The van der Waals surface area contributed by atoms with Gasteiger partial charge in [-0.05, 0) is 42.0 Å². The Kier molecular flexibility index (Phi) is 6.09. The van der Waals surface area contributed by atoms with Crippen molar-refractivity contribution < 1.29 is 4.74 Å². The van der Waals surface area contributed by atoms with Gasteiger partial charge >= 0.3 is 0 Å². The van der Waals surface area contributed by atoms with Crippen molar-refractivity contribution in [3.05, 3.63) is 64.7 Å². The number of hydrogen-bond donors (Lipinski definition) is 0. The first kappa shape index (κ1) is 17.5. The first-order valence-electron chi connectivity index (χ1n) is 9.24. The molecule has 130 valence electrons. The van der Waals surface area contributed by atoms with Gasteiger partial charge in [0.1, 0.15) is 6.07 Å². The number of fused-ring (bicyclic) bond motifs is 1. The summed E-state index contributed by atoms with van der Waals surface area (Å²) < 4.78 is 5.78. The van der Waals surface area contributed by atoms with E-state index in [2.05, 4.69) is 42.2 Å². The fourth-order valence-electron chi connectivity index (χ4n) is 3.56. The van der Waals surface area contributed by atoms with Gasteiger partial charge in [0, 0.05) is 19.7 Å². The van der Waals surface area contributed by atoms with Crippen molar-refractivity contribution >= 4 is 5.69 Å². The molecule has 2 aromatic rings. The van der Waals surface area contributed by atoms with E-state index >= 15 is 0 Å². The Morgan fingerprint density at radius 3 is 2.76 bits per heavy atom. The highest BCUT2D eigenvalue weighted by atomic mass is 16.5. The van der Waals surface area contributed by atoms with Crippen LogP contribution in [0.3, 0.4) is 0 Å². The maximum atomic E-state index is 9.55. The number of ether oxygens (including phenoxy) is 1. The lowest BCUT2D eigenvalue weighted by Gasteiger charge is -2.21.